The lowest BCUT2D eigenvalue weighted by molar-refractivity contribution is 0.0856. The molecule has 0 spiro atoms. The first-order valence-corrected chi connectivity index (χ1v) is 7.85. The molecule has 1 aromatic rings. The molecule has 1 fully saturated rings. The maximum atomic E-state index is 12.8. The minimum Gasteiger partial charge on any atom is -0.484 e. The van der Waals surface area contributed by atoms with Crippen LogP contribution in [0.15, 0.2) is 36.0 Å². The lowest BCUT2D eigenvalue weighted by Crippen LogP contribution is -2.38. The van der Waals surface area contributed by atoms with E-state index in [0.29, 0.717) is 11.5 Å². The van der Waals surface area contributed by atoms with Crippen LogP contribution in [0.3, 0.4) is 0 Å². The van der Waals surface area contributed by atoms with Gasteiger partial charge in [0.2, 0.25) is 0 Å². The van der Waals surface area contributed by atoms with E-state index >= 15 is 0 Å². The van der Waals surface area contributed by atoms with E-state index in [1.165, 1.54) is 19.3 Å². The summed E-state index contributed by atoms with van der Waals surface area (Å²) in [6.07, 6.45) is 7.97. The minimum absolute atomic E-state index is 0.0879. The molecule has 112 valence electrons. The van der Waals surface area contributed by atoms with E-state index in [4.69, 9.17) is 4.74 Å². The molecule has 1 aromatic carbocycles. The summed E-state index contributed by atoms with van der Waals surface area (Å²) < 4.78 is 6.24. The standard InChI is InChI=1S/C18H23NO2/c1-19(2)12-15-17(20)14-10-6-7-11-16(14)21-18(15)13-8-4-3-5-9-13/h6-7,10-13,18H,3-5,8-9H2,1-2H3/b15-12-/t18-/m1/s1. The highest BCUT2D eigenvalue weighted by atomic mass is 16.5. The first kappa shape index (κ1) is 14.2. The van der Waals surface area contributed by atoms with Gasteiger partial charge in [-0.05, 0) is 25.0 Å². The minimum atomic E-state index is -0.0879. The number of hydrogen-bond acceptors (Lipinski definition) is 3. The molecule has 0 bridgehead atoms. The monoisotopic (exact) mass is 285 g/mol. The van der Waals surface area contributed by atoms with Crippen LogP contribution in [0.4, 0.5) is 0 Å². The number of carbonyl (C=O) groups is 1. The van der Waals surface area contributed by atoms with E-state index < -0.39 is 0 Å². The van der Waals surface area contributed by atoms with Crippen molar-refractivity contribution in [2.45, 2.75) is 38.2 Å². The van der Waals surface area contributed by atoms with Crippen molar-refractivity contribution in [3.05, 3.63) is 41.6 Å². The van der Waals surface area contributed by atoms with Gasteiger partial charge in [-0.15, -0.1) is 0 Å². The molecule has 2 aliphatic rings. The second-order valence-corrected chi connectivity index (χ2v) is 6.31. The number of ketones is 1. The number of benzene rings is 1. The molecule has 0 unspecified atom stereocenters. The molecular weight excluding hydrogens is 262 g/mol. The van der Waals surface area contributed by atoms with E-state index in [1.54, 1.807) is 0 Å². The van der Waals surface area contributed by atoms with Crippen LogP contribution in [-0.2, 0) is 0 Å². The quantitative estimate of drug-likeness (QED) is 0.777. The molecule has 1 aliphatic heterocycles. The Morgan fingerprint density at radius 3 is 2.57 bits per heavy atom. The van der Waals surface area contributed by atoms with Gasteiger partial charge in [-0.25, -0.2) is 0 Å². The maximum Gasteiger partial charge on any atom is 0.197 e. The predicted molar refractivity (Wildman–Crippen MR) is 83.5 cm³/mol. The summed E-state index contributed by atoms with van der Waals surface area (Å²) in [6, 6.07) is 7.60. The SMILES string of the molecule is CN(C)/C=C1/C(=O)c2ccccc2O[C@@H]1C1CCCCC1. The van der Waals surface area contributed by atoms with Crippen molar-refractivity contribution in [1.82, 2.24) is 4.90 Å². The topological polar surface area (TPSA) is 29.5 Å². The number of fused-ring (bicyclic) bond motifs is 1. The molecule has 0 saturated heterocycles. The molecule has 3 rings (SSSR count). The Morgan fingerprint density at radius 2 is 1.86 bits per heavy atom. The lowest BCUT2D eigenvalue weighted by atomic mass is 9.79. The van der Waals surface area contributed by atoms with Gasteiger partial charge in [-0.3, -0.25) is 4.79 Å². The molecule has 0 aromatic heterocycles. The predicted octanol–water partition coefficient (Wildman–Crippen LogP) is 3.66. The van der Waals surface area contributed by atoms with Crippen LogP contribution < -0.4 is 4.74 Å². The lowest BCUT2D eigenvalue weighted by Gasteiger charge is -2.35. The van der Waals surface area contributed by atoms with Crippen LogP contribution in [0.25, 0.3) is 0 Å². The van der Waals surface area contributed by atoms with E-state index in [1.807, 2.05) is 49.5 Å². The zero-order valence-corrected chi connectivity index (χ0v) is 12.8. The molecule has 0 radical (unpaired) electrons. The Morgan fingerprint density at radius 1 is 1.14 bits per heavy atom. The van der Waals surface area contributed by atoms with Gasteiger partial charge in [0.05, 0.1) is 11.1 Å². The van der Waals surface area contributed by atoms with Crippen LogP contribution >= 0.6 is 0 Å². The average Bonchev–Trinajstić information content (AvgIpc) is 2.50. The summed E-state index contributed by atoms with van der Waals surface area (Å²) >= 11 is 0. The summed E-state index contributed by atoms with van der Waals surface area (Å²) in [5, 5.41) is 0. The van der Waals surface area contributed by atoms with Crippen molar-refractivity contribution in [1.29, 1.82) is 0 Å². The highest BCUT2D eigenvalue weighted by Crippen LogP contribution is 2.38. The summed E-state index contributed by atoms with van der Waals surface area (Å²) in [5.74, 6) is 1.33. The van der Waals surface area contributed by atoms with Gasteiger partial charge in [0, 0.05) is 26.2 Å². The van der Waals surface area contributed by atoms with Gasteiger partial charge in [-0.2, -0.15) is 0 Å². The van der Waals surface area contributed by atoms with Gasteiger partial charge in [0.25, 0.3) is 0 Å². The van der Waals surface area contributed by atoms with Gasteiger partial charge in [0.1, 0.15) is 11.9 Å². The number of para-hydroxylation sites is 1. The van der Waals surface area contributed by atoms with E-state index in [9.17, 15) is 4.79 Å². The maximum absolute atomic E-state index is 12.8. The second kappa shape index (κ2) is 5.92. The second-order valence-electron chi connectivity index (χ2n) is 6.31. The molecule has 0 amide bonds. The van der Waals surface area contributed by atoms with Gasteiger partial charge in [0.15, 0.2) is 5.78 Å². The number of carbonyl (C=O) groups excluding carboxylic acids is 1. The third-order valence-electron chi connectivity index (χ3n) is 4.43. The summed E-state index contributed by atoms with van der Waals surface area (Å²) in [4.78, 5) is 14.8. The van der Waals surface area contributed by atoms with Crippen LogP contribution in [-0.4, -0.2) is 30.9 Å². The highest BCUT2D eigenvalue weighted by Gasteiger charge is 2.37. The van der Waals surface area contributed by atoms with Crippen LogP contribution in [0.1, 0.15) is 42.5 Å². The number of rotatable bonds is 2. The number of ether oxygens (including phenoxy) is 1. The molecule has 3 heteroatoms. The van der Waals surface area contributed by atoms with Crippen LogP contribution in [0.5, 0.6) is 5.75 Å². The fraction of sp³-hybridized carbons (Fsp3) is 0.500. The zero-order valence-electron chi connectivity index (χ0n) is 12.8. The first-order valence-electron chi connectivity index (χ1n) is 7.85. The molecule has 1 saturated carbocycles. The van der Waals surface area contributed by atoms with Crippen molar-refractivity contribution in [2.24, 2.45) is 5.92 Å². The van der Waals surface area contributed by atoms with Crippen molar-refractivity contribution < 1.29 is 9.53 Å². The summed E-state index contributed by atoms with van der Waals surface area (Å²) in [7, 11) is 3.91. The number of Topliss-reactive ketones (excluding diaryl/α,β-unsaturated/α-hetero) is 1. The fourth-order valence-corrected chi connectivity index (χ4v) is 3.44. The van der Waals surface area contributed by atoms with E-state index in [2.05, 4.69) is 0 Å². The zero-order chi connectivity index (χ0) is 14.8. The Bertz CT molecular complexity index is 556. The normalized spacial score (nSPS) is 24.6. The fourth-order valence-electron chi connectivity index (χ4n) is 3.44. The Balaban J connectivity index is 1.98. The molecule has 3 nitrogen and oxygen atoms in total. The van der Waals surface area contributed by atoms with Gasteiger partial charge in [-0.1, -0.05) is 31.4 Å². The Kier molecular flexibility index (Phi) is 4.00. The highest BCUT2D eigenvalue weighted by molar-refractivity contribution is 6.12. The average molecular weight is 285 g/mol. The largest absolute Gasteiger partial charge is 0.484 e. The number of nitrogens with zero attached hydrogens (tertiary/aromatic N) is 1. The summed E-state index contributed by atoms with van der Waals surface area (Å²) in [5.41, 5.74) is 1.50. The third-order valence-corrected chi connectivity index (χ3v) is 4.43. The molecular formula is C18H23NO2. The molecule has 1 atom stereocenters. The number of hydrogen-bond donors (Lipinski definition) is 0. The molecule has 0 N–H and O–H groups in total. The van der Waals surface area contributed by atoms with Gasteiger partial charge < -0.3 is 9.64 Å². The van der Waals surface area contributed by atoms with Crippen LogP contribution in [0, 0.1) is 5.92 Å². The molecule has 1 aliphatic carbocycles. The van der Waals surface area contributed by atoms with Crippen LogP contribution in [0.2, 0.25) is 0 Å². The van der Waals surface area contributed by atoms with Crippen molar-refractivity contribution >= 4 is 5.78 Å². The Labute approximate surface area is 126 Å². The smallest absolute Gasteiger partial charge is 0.197 e. The molecule has 21 heavy (non-hydrogen) atoms. The molecule has 1 heterocycles. The Hall–Kier alpha value is -1.77. The third kappa shape index (κ3) is 2.82. The van der Waals surface area contributed by atoms with E-state index in [0.717, 1.165) is 24.2 Å². The van der Waals surface area contributed by atoms with Gasteiger partial charge >= 0.3 is 0 Å². The van der Waals surface area contributed by atoms with Crippen molar-refractivity contribution in [3.8, 4) is 5.75 Å². The first-order chi connectivity index (χ1) is 10.2. The van der Waals surface area contributed by atoms with E-state index in [-0.39, 0.29) is 11.9 Å². The summed E-state index contributed by atoms with van der Waals surface area (Å²) in [6.45, 7) is 0. The van der Waals surface area contributed by atoms with Crippen molar-refractivity contribution in [2.75, 3.05) is 14.1 Å². The van der Waals surface area contributed by atoms with Crippen molar-refractivity contribution in [3.63, 3.8) is 0 Å².